The van der Waals surface area contributed by atoms with Gasteiger partial charge in [-0.25, -0.2) is 4.79 Å². The first kappa shape index (κ1) is 20.2. The van der Waals surface area contributed by atoms with Gasteiger partial charge in [0.1, 0.15) is 5.75 Å². The number of rotatable bonds is 5. The van der Waals surface area contributed by atoms with E-state index in [0.717, 1.165) is 11.1 Å². The molecular weight excluding hydrogens is 408 g/mol. The lowest BCUT2D eigenvalue weighted by atomic mass is 9.82. The zero-order valence-corrected chi connectivity index (χ0v) is 17.8. The molecule has 1 unspecified atom stereocenters. The number of methoxy groups -OCH3 is 1. The summed E-state index contributed by atoms with van der Waals surface area (Å²) in [6.45, 7) is 2.06. The van der Waals surface area contributed by atoms with E-state index in [-0.39, 0.29) is 19.0 Å². The summed E-state index contributed by atoms with van der Waals surface area (Å²) in [5, 5.41) is 12.3. The van der Waals surface area contributed by atoms with Crippen molar-refractivity contribution in [2.45, 2.75) is 12.5 Å². The third kappa shape index (κ3) is 2.87. The maximum absolute atomic E-state index is 13.4. The first-order valence-corrected chi connectivity index (χ1v) is 10.4. The van der Waals surface area contributed by atoms with Crippen LogP contribution < -0.4 is 14.2 Å². The molecule has 32 heavy (non-hydrogen) atoms. The second kappa shape index (κ2) is 7.73. The van der Waals surface area contributed by atoms with Crippen LogP contribution in [0.25, 0.3) is 5.57 Å². The number of carbonyl (C=O) groups is 1. The molecule has 1 atom stereocenters. The van der Waals surface area contributed by atoms with Gasteiger partial charge >= 0.3 is 5.97 Å². The molecule has 1 aliphatic heterocycles. The van der Waals surface area contributed by atoms with E-state index < -0.39 is 11.6 Å². The van der Waals surface area contributed by atoms with Gasteiger partial charge < -0.3 is 24.1 Å². The predicted octanol–water partition coefficient (Wildman–Crippen LogP) is 4.04. The van der Waals surface area contributed by atoms with Crippen LogP contribution in [0.4, 0.5) is 0 Å². The van der Waals surface area contributed by atoms with Gasteiger partial charge in [-0.05, 0) is 36.2 Å². The number of benzene rings is 3. The highest BCUT2D eigenvalue weighted by atomic mass is 16.7. The number of para-hydroxylation sites is 1. The normalized spacial score (nSPS) is 18.5. The van der Waals surface area contributed by atoms with Crippen LogP contribution in [0, 0.1) is 0 Å². The minimum atomic E-state index is -1.76. The van der Waals surface area contributed by atoms with Gasteiger partial charge in [0.2, 0.25) is 6.79 Å². The Bertz CT molecular complexity index is 1240. The Morgan fingerprint density at radius 1 is 1.00 bits per heavy atom. The summed E-state index contributed by atoms with van der Waals surface area (Å²) in [6, 6.07) is 20.1. The van der Waals surface area contributed by atoms with Crippen LogP contribution >= 0.6 is 0 Å². The highest BCUT2D eigenvalue weighted by molar-refractivity contribution is 6.08. The Morgan fingerprint density at radius 3 is 2.50 bits per heavy atom. The van der Waals surface area contributed by atoms with E-state index in [9.17, 15) is 9.90 Å². The summed E-state index contributed by atoms with van der Waals surface area (Å²) >= 11 is 0. The van der Waals surface area contributed by atoms with Crippen LogP contribution in [0.3, 0.4) is 0 Å². The summed E-state index contributed by atoms with van der Waals surface area (Å²) in [5.41, 5.74) is 1.48. The van der Waals surface area contributed by atoms with Gasteiger partial charge in [0.15, 0.2) is 17.1 Å². The molecule has 0 saturated carbocycles. The smallest absolute Gasteiger partial charge is 0.338 e. The molecule has 1 N–H and O–H groups in total. The van der Waals surface area contributed by atoms with Gasteiger partial charge in [0, 0.05) is 16.7 Å². The second-order valence-corrected chi connectivity index (χ2v) is 7.49. The van der Waals surface area contributed by atoms with Crippen molar-refractivity contribution in [3.8, 4) is 17.2 Å². The molecule has 3 aromatic rings. The Hall–Kier alpha value is -3.77. The van der Waals surface area contributed by atoms with Gasteiger partial charge in [-0.1, -0.05) is 48.5 Å². The molecule has 0 radical (unpaired) electrons. The SMILES string of the molecule is CCOC(=O)C1=C(c2ccc3c(c2)OCO3)c2ccccc2C1(O)c1ccccc1OC. The third-order valence-corrected chi connectivity index (χ3v) is 5.84. The van der Waals surface area contributed by atoms with Crippen molar-refractivity contribution in [1.29, 1.82) is 0 Å². The van der Waals surface area contributed by atoms with Crippen molar-refractivity contribution in [1.82, 2.24) is 0 Å². The average Bonchev–Trinajstić information content (AvgIpc) is 3.40. The fourth-order valence-electron chi connectivity index (χ4n) is 4.50. The molecule has 5 rings (SSSR count). The van der Waals surface area contributed by atoms with E-state index in [1.165, 1.54) is 7.11 Å². The number of fused-ring (bicyclic) bond motifs is 2. The van der Waals surface area contributed by atoms with E-state index in [1.807, 2.05) is 42.5 Å². The molecule has 1 heterocycles. The topological polar surface area (TPSA) is 74.2 Å². The minimum absolute atomic E-state index is 0.143. The predicted molar refractivity (Wildman–Crippen MR) is 118 cm³/mol. The van der Waals surface area contributed by atoms with Crippen LogP contribution in [0.2, 0.25) is 0 Å². The number of carbonyl (C=O) groups excluding carboxylic acids is 1. The molecule has 0 fully saturated rings. The lowest BCUT2D eigenvalue weighted by molar-refractivity contribution is -0.140. The summed E-state index contributed by atoms with van der Waals surface area (Å²) < 4.78 is 22.0. The Labute approximate surface area is 185 Å². The van der Waals surface area contributed by atoms with Crippen molar-refractivity contribution in [2.24, 2.45) is 0 Å². The van der Waals surface area contributed by atoms with Gasteiger partial charge in [-0.2, -0.15) is 0 Å². The summed E-state index contributed by atoms with van der Waals surface area (Å²) in [4.78, 5) is 13.4. The molecule has 0 bridgehead atoms. The largest absolute Gasteiger partial charge is 0.496 e. The first-order chi connectivity index (χ1) is 15.6. The molecule has 3 aromatic carbocycles. The van der Waals surface area contributed by atoms with Crippen molar-refractivity contribution in [3.63, 3.8) is 0 Å². The van der Waals surface area contributed by atoms with E-state index in [4.69, 9.17) is 18.9 Å². The van der Waals surface area contributed by atoms with E-state index >= 15 is 0 Å². The van der Waals surface area contributed by atoms with Crippen LogP contribution in [0.5, 0.6) is 17.2 Å². The summed E-state index contributed by atoms with van der Waals surface area (Å²) in [5.74, 6) is 1.10. The Morgan fingerprint density at radius 2 is 1.72 bits per heavy atom. The lowest BCUT2D eigenvalue weighted by Crippen LogP contribution is -2.33. The fourth-order valence-corrected chi connectivity index (χ4v) is 4.50. The van der Waals surface area contributed by atoms with Gasteiger partial charge in [0.05, 0.1) is 19.3 Å². The average molecular weight is 430 g/mol. The molecule has 0 spiro atoms. The zero-order chi connectivity index (χ0) is 22.3. The molecule has 0 amide bonds. The van der Waals surface area contributed by atoms with E-state index in [0.29, 0.717) is 33.9 Å². The molecular formula is C26H22O6. The molecule has 6 heteroatoms. The maximum Gasteiger partial charge on any atom is 0.338 e. The third-order valence-electron chi connectivity index (χ3n) is 5.84. The maximum atomic E-state index is 13.4. The van der Waals surface area contributed by atoms with Crippen LogP contribution in [0.1, 0.15) is 29.2 Å². The van der Waals surface area contributed by atoms with Gasteiger partial charge in [-0.15, -0.1) is 0 Å². The molecule has 1 aliphatic carbocycles. The molecule has 0 aromatic heterocycles. The minimum Gasteiger partial charge on any atom is -0.496 e. The number of hydrogen-bond donors (Lipinski definition) is 1. The second-order valence-electron chi connectivity index (χ2n) is 7.49. The van der Waals surface area contributed by atoms with Crippen LogP contribution in [-0.2, 0) is 15.1 Å². The number of aliphatic hydroxyl groups is 1. The summed E-state index contributed by atoms with van der Waals surface area (Å²) in [6.07, 6.45) is 0. The lowest BCUT2D eigenvalue weighted by Gasteiger charge is -2.29. The van der Waals surface area contributed by atoms with Crippen LogP contribution in [-0.4, -0.2) is 31.6 Å². The molecule has 2 aliphatic rings. The Balaban J connectivity index is 1.85. The van der Waals surface area contributed by atoms with Crippen LogP contribution in [0.15, 0.2) is 72.3 Å². The number of hydrogen-bond acceptors (Lipinski definition) is 6. The first-order valence-electron chi connectivity index (χ1n) is 10.4. The molecule has 162 valence electrons. The quantitative estimate of drug-likeness (QED) is 0.616. The van der Waals surface area contributed by atoms with Crippen molar-refractivity contribution >= 4 is 11.5 Å². The van der Waals surface area contributed by atoms with Crippen molar-refractivity contribution in [2.75, 3.05) is 20.5 Å². The van der Waals surface area contributed by atoms with E-state index in [2.05, 4.69) is 0 Å². The number of ether oxygens (including phenoxy) is 4. The zero-order valence-electron chi connectivity index (χ0n) is 17.8. The fraction of sp³-hybridized carbons (Fsp3) is 0.192. The molecule has 0 saturated heterocycles. The van der Waals surface area contributed by atoms with Crippen molar-refractivity contribution in [3.05, 3.63) is 94.6 Å². The standard InChI is InChI=1S/C26H22O6/c1-3-30-25(27)24-23(16-12-13-21-22(14-16)32-15-31-21)17-8-4-5-9-18(17)26(24,28)19-10-6-7-11-20(19)29-2/h4-14,28H,3,15H2,1-2H3. The van der Waals surface area contributed by atoms with Crippen molar-refractivity contribution < 1.29 is 28.8 Å². The highest BCUT2D eigenvalue weighted by Gasteiger charge is 2.50. The van der Waals surface area contributed by atoms with Gasteiger partial charge in [0.25, 0.3) is 0 Å². The Kier molecular flexibility index (Phi) is 4.87. The van der Waals surface area contributed by atoms with E-state index in [1.54, 1.807) is 31.2 Å². The monoisotopic (exact) mass is 430 g/mol. The summed E-state index contributed by atoms with van der Waals surface area (Å²) in [7, 11) is 1.54. The molecule has 6 nitrogen and oxygen atoms in total. The number of esters is 1. The van der Waals surface area contributed by atoms with Gasteiger partial charge in [-0.3, -0.25) is 0 Å². The highest BCUT2D eigenvalue weighted by Crippen LogP contribution is 2.53.